The molecule has 2 heteroatoms. The highest BCUT2D eigenvalue weighted by molar-refractivity contribution is 5.00. The lowest BCUT2D eigenvalue weighted by molar-refractivity contribution is -0.00581. The molecule has 17 heavy (non-hydrogen) atoms. The molecule has 1 unspecified atom stereocenters. The van der Waals surface area contributed by atoms with Crippen LogP contribution in [-0.2, 0) is 0 Å². The van der Waals surface area contributed by atoms with Gasteiger partial charge >= 0.3 is 0 Å². The van der Waals surface area contributed by atoms with Gasteiger partial charge in [-0.2, -0.15) is 0 Å². The van der Waals surface area contributed by atoms with Gasteiger partial charge in [-0.05, 0) is 32.1 Å². The highest BCUT2D eigenvalue weighted by Crippen LogP contribution is 2.40. The fraction of sp³-hybridized carbons (Fsp3) is 1.00. The van der Waals surface area contributed by atoms with Crippen LogP contribution in [-0.4, -0.2) is 36.1 Å². The maximum absolute atomic E-state index is 3.66. The minimum absolute atomic E-state index is 0.533. The lowest BCUT2D eigenvalue weighted by Gasteiger charge is -2.52. The Kier molecular flexibility index (Phi) is 3.45. The number of hydrogen-bond acceptors (Lipinski definition) is 2. The van der Waals surface area contributed by atoms with Gasteiger partial charge in [-0.15, -0.1) is 0 Å². The first-order chi connectivity index (χ1) is 8.30. The zero-order valence-corrected chi connectivity index (χ0v) is 11.4. The maximum Gasteiger partial charge on any atom is 0.0337 e. The third-order valence-corrected chi connectivity index (χ3v) is 5.28. The molecular weight excluding hydrogens is 208 g/mol. The first-order valence-electron chi connectivity index (χ1n) is 7.78. The van der Waals surface area contributed by atoms with Crippen molar-refractivity contribution in [2.75, 3.05) is 19.6 Å². The minimum Gasteiger partial charge on any atom is -0.314 e. The topological polar surface area (TPSA) is 15.3 Å². The number of piperazine rings is 1. The van der Waals surface area contributed by atoms with Crippen molar-refractivity contribution < 1.29 is 0 Å². The van der Waals surface area contributed by atoms with E-state index < -0.39 is 0 Å². The Morgan fingerprint density at radius 2 is 2.00 bits per heavy atom. The summed E-state index contributed by atoms with van der Waals surface area (Å²) >= 11 is 0. The average Bonchev–Trinajstić information content (AvgIpc) is 3.14. The smallest absolute Gasteiger partial charge is 0.0337 e. The Balaban J connectivity index is 1.68. The summed E-state index contributed by atoms with van der Waals surface area (Å²) in [5.41, 5.74) is 0.533. The molecule has 0 amide bonds. The van der Waals surface area contributed by atoms with Crippen LogP contribution in [0.4, 0.5) is 0 Å². The Morgan fingerprint density at radius 1 is 1.24 bits per heavy atom. The second-order valence-corrected chi connectivity index (χ2v) is 6.68. The molecule has 0 aromatic carbocycles. The van der Waals surface area contributed by atoms with E-state index in [0.29, 0.717) is 5.54 Å². The van der Waals surface area contributed by atoms with Crippen LogP contribution in [0.1, 0.15) is 58.3 Å². The van der Waals surface area contributed by atoms with Crippen molar-refractivity contribution in [3.8, 4) is 0 Å². The molecule has 0 aromatic rings. The van der Waals surface area contributed by atoms with Crippen LogP contribution < -0.4 is 5.32 Å². The molecule has 2 nitrogen and oxygen atoms in total. The van der Waals surface area contributed by atoms with Crippen LogP contribution in [0.3, 0.4) is 0 Å². The van der Waals surface area contributed by atoms with Crippen LogP contribution in [0.2, 0.25) is 0 Å². The molecule has 1 atom stereocenters. The highest BCUT2D eigenvalue weighted by Gasteiger charge is 2.42. The number of rotatable bonds is 3. The lowest BCUT2D eigenvalue weighted by Crippen LogP contribution is -2.64. The SMILES string of the molecule is CC(CC1CC1)N1CCNCC12CCCCC2. The monoisotopic (exact) mass is 236 g/mol. The molecule has 0 radical (unpaired) electrons. The molecular formula is C15H28N2. The molecule has 3 fully saturated rings. The summed E-state index contributed by atoms with van der Waals surface area (Å²) in [5, 5.41) is 3.66. The van der Waals surface area contributed by atoms with Crippen LogP contribution in [0.5, 0.6) is 0 Å². The second kappa shape index (κ2) is 4.89. The molecule has 1 N–H and O–H groups in total. The van der Waals surface area contributed by atoms with Crippen molar-refractivity contribution in [1.29, 1.82) is 0 Å². The van der Waals surface area contributed by atoms with Crippen LogP contribution >= 0.6 is 0 Å². The summed E-state index contributed by atoms with van der Waals surface area (Å²) in [4.78, 5) is 2.89. The van der Waals surface area contributed by atoms with Gasteiger partial charge in [0.05, 0.1) is 0 Å². The van der Waals surface area contributed by atoms with Crippen LogP contribution in [0.15, 0.2) is 0 Å². The van der Waals surface area contributed by atoms with E-state index in [0.717, 1.165) is 12.0 Å². The molecule has 0 aromatic heterocycles. The van der Waals surface area contributed by atoms with E-state index in [-0.39, 0.29) is 0 Å². The molecule has 0 bridgehead atoms. The van der Waals surface area contributed by atoms with E-state index in [4.69, 9.17) is 0 Å². The fourth-order valence-corrected chi connectivity index (χ4v) is 4.18. The standard InChI is InChI=1S/C15H28N2/c1-13(11-14-5-6-14)17-10-9-16-12-15(17)7-3-2-4-8-15/h13-14,16H,2-12H2,1H3. The second-order valence-electron chi connectivity index (χ2n) is 6.68. The normalized spacial score (nSPS) is 31.6. The highest BCUT2D eigenvalue weighted by atomic mass is 15.3. The predicted molar refractivity (Wildman–Crippen MR) is 72.2 cm³/mol. The van der Waals surface area contributed by atoms with Gasteiger partial charge in [0, 0.05) is 31.2 Å². The third-order valence-electron chi connectivity index (χ3n) is 5.28. The van der Waals surface area contributed by atoms with Gasteiger partial charge in [0.1, 0.15) is 0 Å². The van der Waals surface area contributed by atoms with Crippen molar-refractivity contribution in [2.24, 2.45) is 5.92 Å². The Morgan fingerprint density at radius 3 is 2.71 bits per heavy atom. The molecule has 3 rings (SSSR count). The molecule has 1 aliphatic heterocycles. The van der Waals surface area contributed by atoms with E-state index in [1.165, 1.54) is 71.0 Å². The Labute approximate surface area is 106 Å². The first-order valence-corrected chi connectivity index (χ1v) is 7.78. The average molecular weight is 236 g/mol. The van der Waals surface area contributed by atoms with Gasteiger partial charge in [0.15, 0.2) is 0 Å². The van der Waals surface area contributed by atoms with E-state index in [2.05, 4.69) is 17.1 Å². The van der Waals surface area contributed by atoms with E-state index >= 15 is 0 Å². The van der Waals surface area contributed by atoms with Crippen molar-refractivity contribution in [3.05, 3.63) is 0 Å². The maximum atomic E-state index is 3.66. The van der Waals surface area contributed by atoms with Crippen LogP contribution in [0, 0.1) is 5.92 Å². The van der Waals surface area contributed by atoms with Gasteiger partial charge in [-0.3, -0.25) is 4.90 Å². The van der Waals surface area contributed by atoms with Gasteiger partial charge in [-0.25, -0.2) is 0 Å². The Bertz CT molecular complexity index is 245. The largest absolute Gasteiger partial charge is 0.314 e. The number of nitrogens with zero attached hydrogens (tertiary/aromatic N) is 1. The fourth-order valence-electron chi connectivity index (χ4n) is 4.18. The number of hydrogen-bond donors (Lipinski definition) is 1. The van der Waals surface area contributed by atoms with E-state index in [1.807, 2.05) is 0 Å². The van der Waals surface area contributed by atoms with Gasteiger partial charge in [0.25, 0.3) is 0 Å². The molecule has 1 heterocycles. The molecule has 2 aliphatic carbocycles. The minimum atomic E-state index is 0.533. The van der Waals surface area contributed by atoms with Gasteiger partial charge < -0.3 is 5.32 Å². The summed E-state index contributed by atoms with van der Waals surface area (Å²) in [6, 6.07) is 0.822. The molecule has 1 saturated heterocycles. The molecule has 98 valence electrons. The van der Waals surface area contributed by atoms with Gasteiger partial charge in [-0.1, -0.05) is 32.1 Å². The van der Waals surface area contributed by atoms with E-state index in [1.54, 1.807) is 0 Å². The van der Waals surface area contributed by atoms with Crippen molar-refractivity contribution >= 4 is 0 Å². The van der Waals surface area contributed by atoms with Gasteiger partial charge in [0.2, 0.25) is 0 Å². The zero-order valence-electron chi connectivity index (χ0n) is 11.4. The van der Waals surface area contributed by atoms with Crippen molar-refractivity contribution in [2.45, 2.75) is 69.9 Å². The molecule has 1 spiro atoms. The number of nitrogens with one attached hydrogen (secondary N) is 1. The van der Waals surface area contributed by atoms with Crippen molar-refractivity contribution in [1.82, 2.24) is 10.2 Å². The summed E-state index contributed by atoms with van der Waals surface area (Å²) in [6.07, 6.45) is 11.7. The quantitative estimate of drug-likeness (QED) is 0.810. The summed E-state index contributed by atoms with van der Waals surface area (Å²) in [5.74, 6) is 1.07. The Hall–Kier alpha value is -0.0800. The summed E-state index contributed by atoms with van der Waals surface area (Å²) in [7, 11) is 0. The summed E-state index contributed by atoms with van der Waals surface area (Å²) in [6.45, 7) is 6.23. The molecule has 2 saturated carbocycles. The molecule has 3 aliphatic rings. The van der Waals surface area contributed by atoms with Crippen LogP contribution in [0.25, 0.3) is 0 Å². The summed E-state index contributed by atoms with van der Waals surface area (Å²) < 4.78 is 0. The van der Waals surface area contributed by atoms with E-state index in [9.17, 15) is 0 Å². The zero-order chi connectivity index (χ0) is 11.7. The van der Waals surface area contributed by atoms with Crippen molar-refractivity contribution in [3.63, 3.8) is 0 Å². The third kappa shape index (κ3) is 2.53. The lowest BCUT2D eigenvalue weighted by atomic mass is 9.78. The first kappa shape index (κ1) is 12.0. The predicted octanol–water partition coefficient (Wildman–Crippen LogP) is 2.78.